The highest BCUT2D eigenvalue weighted by Crippen LogP contribution is 2.32. The minimum absolute atomic E-state index is 0.392. The lowest BCUT2D eigenvalue weighted by molar-refractivity contribution is 0.168. The fraction of sp³-hybridized carbons (Fsp3) is 0.389. The number of nitrogens with zero attached hydrogens (tertiary/aromatic N) is 2. The highest BCUT2D eigenvalue weighted by Gasteiger charge is 2.30. The monoisotopic (exact) mass is 281 g/mol. The van der Waals surface area contributed by atoms with Gasteiger partial charge in [0.1, 0.15) is 0 Å². The highest BCUT2D eigenvalue weighted by atomic mass is 15.2. The van der Waals surface area contributed by atoms with Gasteiger partial charge in [-0.25, -0.2) is 0 Å². The van der Waals surface area contributed by atoms with E-state index in [1.54, 1.807) is 0 Å². The van der Waals surface area contributed by atoms with Crippen LogP contribution in [0.4, 0.5) is 0 Å². The van der Waals surface area contributed by atoms with Gasteiger partial charge in [-0.05, 0) is 50.2 Å². The van der Waals surface area contributed by atoms with E-state index in [1.165, 1.54) is 17.5 Å². The Kier molecular flexibility index (Phi) is 4.32. The van der Waals surface area contributed by atoms with E-state index in [9.17, 15) is 0 Å². The van der Waals surface area contributed by atoms with Crippen LogP contribution in [0.2, 0.25) is 0 Å². The molecule has 1 aliphatic rings. The molecule has 21 heavy (non-hydrogen) atoms. The van der Waals surface area contributed by atoms with Crippen LogP contribution in [0.3, 0.4) is 0 Å². The summed E-state index contributed by atoms with van der Waals surface area (Å²) < 4.78 is 0. The van der Waals surface area contributed by atoms with Crippen LogP contribution in [0.5, 0.6) is 0 Å². The third-order valence-electron chi connectivity index (χ3n) is 4.50. The molecule has 1 aliphatic carbocycles. The molecule has 1 aromatic carbocycles. The van der Waals surface area contributed by atoms with Gasteiger partial charge in [0.15, 0.2) is 0 Å². The van der Waals surface area contributed by atoms with E-state index in [0.717, 1.165) is 18.7 Å². The Morgan fingerprint density at radius 3 is 2.76 bits per heavy atom. The van der Waals surface area contributed by atoms with Crippen molar-refractivity contribution in [1.82, 2.24) is 15.2 Å². The zero-order valence-electron chi connectivity index (χ0n) is 12.8. The van der Waals surface area contributed by atoms with E-state index < -0.39 is 0 Å². The summed E-state index contributed by atoms with van der Waals surface area (Å²) in [7, 11) is 4.27. The molecule has 0 amide bonds. The number of likely N-dealkylation sites (N-methyl/N-ethyl adjacent to an activating group) is 2. The number of hydrogen-bond acceptors (Lipinski definition) is 3. The Labute approximate surface area is 127 Å². The van der Waals surface area contributed by atoms with E-state index in [2.05, 4.69) is 65.7 Å². The largest absolute Gasteiger partial charge is 0.312 e. The number of benzene rings is 1. The molecule has 3 heteroatoms. The van der Waals surface area contributed by atoms with Gasteiger partial charge in [-0.3, -0.25) is 9.88 Å². The summed E-state index contributed by atoms with van der Waals surface area (Å²) in [5.41, 5.74) is 4.07. The maximum Gasteiger partial charge on any atom is 0.0543 e. The lowest BCUT2D eigenvalue weighted by atomic mass is 9.83. The highest BCUT2D eigenvalue weighted by molar-refractivity contribution is 5.34. The molecule has 2 atom stereocenters. The Balaban J connectivity index is 1.79. The molecule has 0 fully saturated rings. The Morgan fingerprint density at radius 1 is 1.19 bits per heavy atom. The number of aryl methyl sites for hydroxylation is 1. The van der Waals surface area contributed by atoms with Crippen LogP contribution in [-0.4, -0.2) is 30.0 Å². The van der Waals surface area contributed by atoms with Gasteiger partial charge in [-0.1, -0.05) is 30.3 Å². The minimum atomic E-state index is 0.392. The van der Waals surface area contributed by atoms with Crippen molar-refractivity contribution in [3.8, 4) is 0 Å². The predicted molar refractivity (Wildman–Crippen MR) is 86.1 cm³/mol. The summed E-state index contributed by atoms with van der Waals surface area (Å²) in [5.74, 6) is 0. The van der Waals surface area contributed by atoms with Gasteiger partial charge in [0.25, 0.3) is 0 Å². The van der Waals surface area contributed by atoms with Gasteiger partial charge in [-0.15, -0.1) is 0 Å². The SMILES string of the molecule is CNC1c2ccccc2CCC1N(C)Cc1ccccn1. The second kappa shape index (κ2) is 6.37. The molecule has 3 nitrogen and oxygen atoms in total. The van der Waals surface area contributed by atoms with Crippen molar-refractivity contribution >= 4 is 0 Å². The van der Waals surface area contributed by atoms with Crippen LogP contribution in [-0.2, 0) is 13.0 Å². The topological polar surface area (TPSA) is 28.2 Å². The molecular weight excluding hydrogens is 258 g/mol. The number of pyridine rings is 1. The minimum Gasteiger partial charge on any atom is -0.312 e. The molecule has 1 heterocycles. The fourth-order valence-corrected chi connectivity index (χ4v) is 3.43. The zero-order chi connectivity index (χ0) is 14.7. The fourth-order valence-electron chi connectivity index (χ4n) is 3.43. The molecule has 1 aromatic heterocycles. The van der Waals surface area contributed by atoms with Crippen LogP contribution in [0.15, 0.2) is 48.7 Å². The number of hydrogen-bond donors (Lipinski definition) is 1. The van der Waals surface area contributed by atoms with Crippen molar-refractivity contribution in [2.24, 2.45) is 0 Å². The number of aromatic nitrogens is 1. The predicted octanol–water partition coefficient (Wildman–Crippen LogP) is 2.79. The quantitative estimate of drug-likeness (QED) is 0.934. The van der Waals surface area contributed by atoms with Crippen molar-refractivity contribution in [1.29, 1.82) is 0 Å². The smallest absolute Gasteiger partial charge is 0.0543 e. The van der Waals surface area contributed by atoms with E-state index in [4.69, 9.17) is 0 Å². The lowest BCUT2D eigenvalue weighted by Crippen LogP contribution is -2.44. The summed E-state index contributed by atoms with van der Waals surface area (Å²) >= 11 is 0. The van der Waals surface area contributed by atoms with Crippen LogP contribution >= 0.6 is 0 Å². The summed E-state index contributed by atoms with van der Waals surface area (Å²) in [4.78, 5) is 6.88. The first-order chi connectivity index (χ1) is 10.3. The van der Waals surface area contributed by atoms with Crippen molar-refractivity contribution in [3.05, 3.63) is 65.5 Å². The zero-order valence-corrected chi connectivity index (χ0v) is 12.8. The first-order valence-electron chi connectivity index (χ1n) is 7.65. The summed E-state index contributed by atoms with van der Waals surface area (Å²) in [6.07, 6.45) is 4.21. The van der Waals surface area contributed by atoms with Gasteiger partial charge >= 0.3 is 0 Å². The van der Waals surface area contributed by atoms with Crippen molar-refractivity contribution in [3.63, 3.8) is 0 Å². The molecule has 0 saturated heterocycles. The number of rotatable bonds is 4. The normalized spacial score (nSPS) is 21.3. The molecule has 2 aromatic rings. The second-order valence-corrected chi connectivity index (χ2v) is 5.81. The van der Waals surface area contributed by atoms with E-state index >= 15 is 0 Å². The van der Waals surface area contributed by atoms with Crippen molar-refractivity contribution in [2.45, 2.75) is 31.5 Å². The third kappa shape index (κ3) is 2.99. The molecule has 0 aliphatic heterocycles. The van der Waals surface area contributed by atoms with Gasteiger partial charge in [0.2, 0.25) is 0 Å². The van der Waals surface area contributed by atoms with Crippen molar-refractivity contribution < 1.29 is 0 Å². The first-order valence-corrected chi connectivity index (χ1v) is 7.65. The summed E-state index contributed by atoms with van der Waals surface area (Å²) in [5, 5.41) is 3.51. The average Bonchev–Trinajstić information content (AvgIpc) is 2.54. The average molecular weight is 281 g/mol. The van der Waals surface area contributed by atoms with Crippen LogP contribution in [0.25, 0.3) is 0 Å². The molecule has 0 saturated carbocycles. The summed E-state index contributed by atoms with van der Waals surface area (Å²) in [6, 6.07) is 15.8. The van der Waals surface area contributed by atoms with Gasteiger partial charge in [-0.2, -0.15) is 0 Å². The number of fused-ring (bicyclic) bond motifs is 1. The molecular formula is C18H23N3. The van der Waals surface area contributed by atoms with E-state index in [-0.39, 0.29) is 0 Å². The number of nitrogens with one attached hydrogen (secondary N) is 1. The Morgan fingerprint density at radius 2 is 2.00 bits per heavy atom. The molecule has 2 unspecified atom stereocenters. The summed E-state index contributed by atoms with van der Waals surface area (Å²) in [6.45, 7) is 0.895. The van der Waals surface area contributed by atoms with Gasteiger partial charge < -0.3 is 5.32 Å². The Hall–Kier alpha value is -1.71. The van der Waals surface area contributed by atoms with Crippen LogP contribution in [0, 0.1) is 0 Å². The molecule has 0 bridgehead atoms. The first kappa shape index (κ1) is 14.2. The Bertz CT molecular complexity index is 582. The lowest BCUT2D eigenvalue weighted by Gasteiger charge is -2.39. The standard InChI is InChI=1S/C18H23N3/c1-19-18-16-9-4-3-7-14(16)10-11-17(18)21(2)13-15-8-5-6-12-20-15/h3-9,12,17-19H,10-11,13H2,1-2H3. The van der Waals surface area contributed by atoms with Crippen molar-refractivity contribution in [2.75, 3.05) is 14.1 Å². The third-order valence-corrected chi connectivity index (χ3v) is 4.50. The molecule has 110 valence electrons. The van der Waals surface area contributed by atoms with Crippen LogP contribution in [0.1, 0.15) is 29.3 Å². The molecule has 0 spiro atoms. The maximum atomic E-state index is 4.45. The molecule has 0 radical (unpaired) electrons. The van der Waals surface area contributed by atoms with Gasteiger partial charge in [0.05, 0.1) is 5.69 Å². The maximum absolute atomic E-state index is 4.45. The van der Waals surface area contributed by atoms with E-state index in [1.807, 2.05) is 12.3 Å². The molecule has 1 N–H and O–H groups in total. The van der Waals surface area contributed by atoms with Crippen LogP contribution < -0.4 is 5.32 Å². The molecule has 3 rings (SSSR count). The van der Waals surface area contributed by atoms with E-state index in [0.29, 0.717) is 12.1 Å². The van der Waals surface area contributed by atoms with Gasteiger partial charge in [0, 0.05) is 24.8 Å². The second-order valence-electron chi connectivity index (χ2n) is 5.81.